The van der Waals surface area contributed by atoms with Crippen molar-refractivity contribution in [3.8, 4) is 0 Å². The minimum atomic E-state index is 0.444. The molecule has 1 aliphatic rings. The van der Waals surface area contributed by atoms with E-state index in [2.05, 4.69) is 12.7 Å². The molecular formula is C7H10OSi. The second kappa shape index (κ2) is 3.51. The van der Waals surface area contributed by atoms with Gasteiger partial charge in [-0.2, -0.15) is 0 Å². The van der Waals surface area contributed by atoms with Crippen LogP contribution in [-0.4, -0.2) is 9.76 Å². The molecule has 2 heteroatoms. The molecule has 0 atom stereocenters. The number of allylic oxidation sites excluding steroid dienone is 2. The fraction of sp³-hybridized carbons (Fsp3) is 0.429. The molecule has 48 valence electrons. The average Bonchev–Trinajstić information content (AvgIpc) is 2.34. The van der Waals surface area contributed by atoms with Gasteiger partial charge in [-0.05, 0) is 18.9 Å². The second-order valence-corrected chi connectivity index (χ2v) is 2.83. The van der Waals surface area contributed by atoms with Crippen LogP contribution in [0.4, 0.5) is 0 Å². The Labute approximate surface area is 58.4 Å². The fourth-order valence-electron chi connectivity index (χ4n) is 0.851. The Morgan fingerprint density at radius 3 is 3.22 bits per heavy atom. The molecule has 0 heterocycles. The summed E-state index contributed by atoms with van der Waals surface area (Å²) in [6.45, 7) is 3.58. The van der Waals surface area contributed by atoms with Crippen LogP contribution in [0, 0.1) is 0 Å². The van der Waals surface area contributed by atoms with Crippen molar-refractivity contribution in [1.29, 1.82) is 0 Å². The summed E-state index contributed by atoms with van der Waals surface area (Å²) in [6, 6.07) is 0. The Morgan fingerprint density at radius 1 is 1.78 bits per heavy atom. The lowest BCUT2D eigenvalue weighted by Crippen LogP contribution is -1.92. The Bertz CT molecular complexity index is 129. The minimum absolute atomic E-state index is 0.444. The molecule has 0 aromatic carbocycles. The maximum atomic E-state index is 5.32. The maximum Gasteiger partial charge on any atom is 0.342 e. The van der Waals surface area contributed by atoms with Crippen molar-refractivity contribution in [3.05, 3.63) is 24.1 Å². The summed E-state index contributed by atoms with van der Waals surface area (Å²) in [7, 11) is 0.444. The van der Waals surface area contributed by atoms with Crippen molar-refractivity contribution in [1.82, 2.24) is 0 Å². The normalized spacial score (nSPS) is 17.1. The van der Waals surface area contributed by atoms with Crippen LogP contribution in [-0.2, 0) is 4.43 Å². The first kappa shape index (κ1) is 6.61. The molecule has 0 amide bonds. The molecule has 1 aliphatic carbocycles. The molecule has 0 spiro atoms. The SMILES string of the molecule is C=C[Si]OC1=CCCC1. The van der Waals surface area contributed by atoms with Gasteiger partial charge >= 0.3 is 9.76 Å². The first-order chi connectivity index (χ1) is 4.43. The van der Waals surface area contributed by atoms with E-state index in [0.717, 1.165) is 12.2 Å². The van der Waals surface area contributed by atoms with Crippen molar-refractivity contribution in [2.75, 3.05) is 0 Å². The average molecular weight is 138 g/mol. The predicted octanol–water partition coefficient (Wildman–Crippen LogP) is 1.83. The van der Waals surface area contributed by atoms with E-state index in [4.69, 9.17) is 4.43 Å². The molecule has 0 aromatic rings. The predicted molar refractivity (Wildman–Crippen MR) is 39.0 cm³/mol. The fourth-order valence-corrected chi connectivity index (χ4v) is 1.27. The summed E-state index contributed by atoms with van der Waals surface area (Å²) < 4.78 is 5.32. The quantitative estimate of drug-likeness (QED) is 0.541. The third-order valence-corrected chi connectivity index (χ3v) is 1.82. The summed E-state index contributed by atoms with van der Waals surface area (Å²) in [4.78, 5) is 0. The molecular weight excluding hydrogens is 128 g/mol. The Balaban J connectivity index is 2.18. The van der Waals surface area contributed by atoms with Crippen molar-refractivity contribution < 1.29 is 4.43 Å². The van der Waals surface area contributed by atoms with Crippen molar-refractivity contribution in [2.24, 2.45) is 0 Å². The zero-order chi connectivity index (χ0) is 6.53. The van der Waals surface area contributed by atoms with E-state index in [9.17, 15) is 0 Å². The van der Waals surface area contributed by atoms with Crippen LogP contribution in [0.25, 0.3) is 0 Å². The Morgan fingerprint density at radius 2 is 2.67 bits per heavy atom. The Hall–Kier alpha value is -0.503. The molecule has 0 aliphatic heterocycles. The van der Waals surface area contributed by atoms with E-state index in [1.807, 2.05) is 0 Å². The van der Waals surface area contributed by atoms with Crippen LogP contribution in [0.1, 0.15) is 19.3 Å². The lowest BCUT2D eigenvalue weighted by molar-refractivity contribution is 0.443. The van der Waals surface area contributed by atoms with Gasteiger partial charge in [0, 0.05) is 6.42 Å². The number of hydrogen-bond acceptors (Lipinski definition) is 1. The van der Waals surface area contributed by atoms with Crippen LogP contribution in [0.2, 0.25) is 0 Å². The zero-order valence-electron chi connectivity index (χ0n) is 5.39. The van der Waals surface area contributed by atoms with Crippen LogP contribution in [0.5, 0.6) is 0 Å². The molecule has 2 radical (unpaired) electrons. The summed E-state index contributed by atoms with van der Waals surface area (Å²) in [5.41, 5.74) is 1.80. The van der Waals surface area contributed by atoms with E-state index in [1.165, 1.54) is 12.8 Å². The van der Waals surface area contributed by atoms with E-state index in [-0.39, 0.29) is 0 Å². The topological polar surface area (TPSA) is 9.23 Å². The van der Waals surface area contributed by atoms with Gasteiger partial charge in [0.05, 0.1) is 5.76 Å². The summed E-state index contributed by atoms with van der Waals surface area (Å²) in [5, 5.41) is 0. The van der Waals surface area contributed by atoms with Gasteiger partial charge in [0.15, 0.2) is 0 Å². The van der Waals surface area contributed by atoms with Crippen molar-refractivity contribution >= 4 is 9.76 Å². The molecule has 1 nitrogen and oxygen atoms in total. The zero-order valence-corrected chi connectivity index (χ0v) is 6.39. The summed E-state index contributed by atoms with van der Waals surface area (Å²) in [5.74, 6) is 1.16. The molecule has 1 rings (SSSR count). The van der Waals surface area contributed by atoms with Crippen LogP contribution in [0.3, 0.4) is 0 Å². The highest BCUT2D eigenvalue weighted by molar-refractivity contribution is 6.34. The van der Waals surface area contributed by atoms with Gasteiger partial charge in [-0.1, -0.05) is 5.70 Å². The molecule has 0 bridgehead atoms. The molecule has 0 saturated carbocycles. The third-order valence-electron chi connectivity index (χ3n) is 1.27. The highest BCUT2D eigenvalue weighted by Crippen LogP contribution is 2.17. The first-order valence-corrected chi connectivity index (χ1v) is 4.14. The largest absolute Gasteiger partial charge is 0.540 e. The van der Waals surface area contributed by atoms with Crippen molar-refractivity contribution in [3.63, 3.8) is 0 Å². The smallest absolute Gasteiger partial charge is 0.342 e. The van der Waals surface area contributed by atoms with Gasteiger partial charge in [0.2, 0.25) is 0 Å². The molecule has 0 N–H and O–H groups in total. The summed E-state index contributed by atoms with van der Waals surface area (Å²) in [6.07, 6.45) is 5.74. The lowest BCUT2D eigenvalue weighted by atomic mass is 10.4. The van der Waals surface area contributed by atoms with Gasteiger partial charge in [-0.25, -0.2) is 0 Å². The standard InChI is InChI=1S/C7H10OSi/c1-2-9-8-7-5-3-4-6-7/h2,5H,1,3-4,6H2. The van der Waals surface area contributed by atoms with Crippen molar-refractivity contribution in [2.45, 2.75) is 19.3 Å². The number of hydrogen-bond donors (Lipinski definition) is 0. The van der Waals surface area contributed by atoms with Gasteiger partial charge in [-0.15, -0.1) is 6.58 Å². The highest BCUT2D eigenvalue weighted by Gasteiger charge is 2.03. The van der Waals surface area contributed by atoms with E-state index < -0.39 is 0 Å². The van der Waals surface area contributed by atoms with Gasteiger partial charge < -0.3 is 4.43 Å². The van der Waals surface area contributed by atoms with Crippen LogP contribution in [0.15, 0.2) is 24.1 Å². The highest BCUT2D eigenvalue weighted by atomic mass is 28.2. The Kier molecular flexibility index (Phi) is 2.58. The first-order valence-electron chi connectivity index (χ1n) is 3.16. The molecule has 0 saturated heterocycles. The molecule has 0 unspecified atom stereocenters. The van der Waals surface area contributed by atoms with Gasteiger partial charge in [-0.3, -0.25) is 0 Å². The van der Waals surface area contributed by atoms with E-state index >= 15 is 0 Å². The van der Waals surface area contributed by atoms with Crippen LogP contribution < -0.4 is 0 Å². The molecule has 9 heavy (non-hydrogen) atoms. The third kappa shape index (κ3) is 2.06. The van der Waals surface area contributed by atoms with Gasteiger partial charge in [0.1, 0.15) is 0 Å². The van der Waals surface area contributed by atoms with E-state index in [1.54, 1.807) is 5.70 Å². The number of rotatable bonds is 3. The molecule has 0 fully saturated rings. The molecule has 0 aromatic heterocycles. The van der Waals surface area contributed by atoms with E-state index in [0.29, 0.717) is 9.76 Å². The minimum Gasteiger partial charge on any atom is -0.540 e. The maximum absolute atomic E-state index is 5.32. The summed E-state index contributed by atoms with van der Waals surface area (Å²) >= 11 is 0. The van der Waals surface area contributed by atoms with Gasteiger partial charge in [0.25, 0.3) is 0 Å². The monoisotopic (exact) mass is 138 g/mol. The lowest BCUT2D eigenvalue weighted by Gasteiger charge is -1.99. The van der Waals surface area contributed by atoms with Crippen LogP contribution >= 0.6 is 0 Å². The second-order valence-electron chi connectivity index (χ2n) is 1.99.